The lowest BCUT2D eigenvalue weighted by Gasteiger charge is -2.25. The molecule has 2 aliphatic rings. The van der Waals surface area contributed by atoms with Crippen LogP contribution in [0.5, 0.6) is 0 Å². The van der Waals surface area contributed by atoms with Gasteiger partial charge in [-0.05, 0) is 30.6 Å². The van der Waals surface area contributed by atoms with Crippen molar-refractivity contribution in [3.8, 4) is 0 Å². The second-order valence-electron chi connectivity index (χ2n) is 6.66. The molecule has 2 rings (SSSR count). The van der Waals surface area contributed by atoms with Crippen LogP contribution in [0.4, 0.5) is 0 Å². The standard InChI is InChI=1S/C15H27N3O2/c1-10(2)9-18(8-7-13(16)17-20)15(19)14-11-5-3-4-6-12(11)14/h10-12,14,20H,3-9H2,1-2H3,(H2,16,17). The summed E-state index contributed by atoms with van der Waals surface area (Å²) in [6, 6.07) is 0. The van der Waals surface area contributed by atoms with Crippen LogP contribution in [0.3, 0.4) is 0 Å². The van der Waals surface area contributed by atoms with Crippen LogP contribution >= 0.6 is 0 Å². The van der Waals surface area contributed by atoms with E-state index in [2.05, 4.69) is 19.0 Å². The molecule has 5 heteroatoms. The topological polar surface area (TPSA) is 78.9 Å². The minimum atomic E-state index is 0.194. The number of rotatable bonds is 6. The summed E-state index contributed by atoms with van der Waals surface area (Å²) in [6.45, 7) is 5.55. The first-order chi connectivity index (χ1) is 9.54. The zero-order valence-electron chi connectivity index (χ0n) is 12.6. The Labute approximate surface area is 121 Å². The Morgan fingerprint density at radius 3 is 2.45 bits per heavy atom. The van der Waals surface area contributed by atoms with Gasteiger partial charge in [0.2, 0.25) is 5.91 Å². The molecule has 20 heavy (non-hydrogen) atoms. The number of amidine groups is 1. The van der Waals surface area contributed by atoms with Gasteiger partial charge in [-0.1, -0.05) is 31.8 Å². The molecule has 0 aromatic carbocycles. The van der Waals surface area contributed by atoms with E-state index < -0.39 is 0 Å². The summed E-state index contributed by atoms with van der Waals surface area (Å²) >= 11 is 0. The van der Waals surface area contributed by atoms with Crippen molar-refractivity contribution in [1.29, 1.82) is 0 Å². The molecule has 3 N–H and O–H groups in total. The second kappa shape index (κ2) is 6.46. The van der Waals surface area contributed by atoms with E-state index in [0.717, 1.165) is 6.54 Å². The van der Waals surface area contributed by atoms with Crippen molar-refractivity contribution >= 4 is 11.7 Å². The van der Waals surface area contributed by atoms with Gasteiger partial charge in [0.25, 0.3) is 0 Å². The Balaban J connectivity index is 1.93. The number of oxime groups is 1. The molecule has 0 aromatic rings. The van der Waals surface area contributed by atoms with Crippen molar-refractivity contribution in [1.82, 2.24) is 4.90 Å². The smallest absolute Gasteiger partial charge is 0.226 e. The number of carbonyl (C=O) groups excluding carboxylic acids is 1. The van der Waals surface area contributed by atoms with Gasteiger partial charge in [-0.3, -0.25) is 4.79 Å². The van der Waals surface area contributed by atoms with E-state index in [1.807, 2.05) is 4.90 Å². The lowest BCUT2D eigenvalue weighted by Crippen LogP contribution is -2.38. The maximum absolute atomic E-state index is 12.7. The molecule has 2 atom stereocenters. The average Bonchev–Trinajstić information content (AvgIpc) is 3.16. The molecule has 0 aromatic heterocycles. The summed E-state index contributed by atoms with van der Waals surface area (Å²) in [5, 5.41) is 11.6. The highest BCUT2D eigenvalue weighted by atomic mass is 16.4. The molecule has 0 saturated heterocycles. The van der Waals surface area contributed by atoms with Gasteiger partial charge in [0.1, 0.15) is 5.84 Å². The third kappa shape index (κ3) is 3.44. The first-order valence-electron chi connectivity index (χ1n) is 7.79. The predicted molar refractivity (Wildman–Crippen MR) is 78.4 cm³/mol. The van der Waals surface area contributed by atoms with Crippen molar-refractivity contribution in [2.75, 3.05) is 13.1 Å². The third-order valence-corrected chi connectivity index (χ3v) is 4.61. The summed E-state index contributed by atoms with van der Waals surface area (Å²) in [5.41, 5.74) is 5.52. The van der Waals surface area contributed by atoms with Crippen LogP contribution in [0, 0.1) is 23.7 Å². The van der Waals surface area contributed by atoms with Crippen LogP contribution in [-0.2, 0) is 4.79 Å². The zero-order valence-corrected chi connectivity index (χ0v) is 12.6. The van der Waals surface area contributed by atoms with Crippen molar-refractivity contribution < 1.29 is 10.0 Å². The van der Waals surface area contributed by atoms with Gasteiger partial charge < -0.3 is 15.8 Å². The first-order valence-corrected chi connectivity index (χ1v) is 7.79. The van der Waals surface area contributed by atoms with E-state index in [1.165, 1.54) is 25.7 Å². The molecule has 0 radical (unpaired) electrons. The molecule has 2 unspecified atom stereocenters. The van der Waals surface area contributed by atoms with Gasteiger partial charge in [0.15, 0.2) is 0 Å². The Kier molecular flexibility index (Phi) is 4.89. The summed E-state index contributed by atoms with van der Waals surface area (Å²) in [4.78, 5) is 14.6. The predicted octanol–water partition coefficient (Wildman–Crippen LogP) is 2.04. The molecule has 1 amide bonds. The molecular weight excluding hydrogens is 254 g/mol. The van der Waals surface area contributed by atoms with Gasteiger partial charge in [0.05, 0.1) is 0 Å². The first kappa shape index (κ1) is 15.1. The van der Waals surface area contributed by atoms with Gasteiger partial charge in [-0.25, -0.2) is 0 Å². The lowest BCUT2D eigenvalue weighted by molar-refractivity contribution is -0.133. The molecule has 0 heterocycles. The Hall–Kier alpha value is -1.26. The highest BCUT2D eigenvalue weighted by molar-refractivity contribution is 5.84. The Morgan fingerprint density at radius 2 is 1.95 bits per heavy atom. The van der Waals surface area contributed by atoms with E-state index in [9.17, 15) is 4.79 Å². The van der Waals surface area contributed by atoms with Crippen LogP contribution in [0.2, 0.25) is 0 Å². The number of nitrogens with two attached hydrogens (primary N) is 1. The molecule has 0 aliphatic heterocycles. The highest BCUT2D eigenvalue weighted by Crippen LogP contribution is 2.56. The molecule has 2 fully saturated rings. The summed E-state index contributed by atoms with van der Waals surface area (Å²) in [6.07, 6.45) is 5.43. The zero-order chi connectivity index (χ0) is 14.7. The van der Waals surface area contributed by atoms with E-state index in [4.69, 9.17) is 10.9 Å². The Morgan fingerprint density at radius 1 is 1.35 bits per heavy atom. The molecule has 0 spiro atoms. The summed E-state index contributed by atoms with van der Waals surface area (Å²) < 4.78 is 0. The van der Waals surface area contributed by atoms with Crippen molar-refractivity contribution in [3.05, 3.63) is 0 Å². The van der Waals surface area contributed by atoms with E-state index in [1.54, 1.807) is 0 Å². The van der Waals surface area contributed by atoms with E-state index >= 15 is 0 Å². The molecule has 2 aliphatic carbocycles. The number of amides is 1. The minimum Gasteiger partial charge on any atom is -0.409 e. The number of nitrogens with zero attached hydrogens (tertiary/aromatic N) is 2. The van der Waals surface area contributed by atoms with Gasteiger partial charge in [-0.2, -0.15) is 0 Å². The minimum absolute atomic E-state index is 0.194. The molecular formula is C15H27N3O2. The van der Waals surface area contributed by atoms with E-state index in [0.29, 0.717) is 36.6 Å². The molecule has 114 valence electrons. The van der Waals surface area contributed by atoms with Gasteiger partial charge in [-0.15, -0.1) is 0 Å². The van der Waals surface area contributed by atoms with Crippen molar-refractivity contribution in [2.45, 2.75) is 46.0 Å². The molecule has 5 nitrogen and oxygen atoms in total. The summed E-state index contributed by atoms with van der Waals surface area (Å²) in [7, 11) is 0. The fourth-order valence-electron chi connectivity index (χ4n) is 3.60. The van der Waals surface area contributed by atoms with Crippen LogP contribution < -0.4 is 5.73 Å². The van der Waals surface area contributed by atoms with Crippen LogP contribution in [0.15, 0.2) is 5.16 Å². The number of carbonyl (C=O) groups is 1. The van der Waals surface area contributed by atoms with Crippen molar-refractivity contribution in [2.24, 2.45) is 34.6 Å². The second-order valence-corrected chi connectivity index (χ2v) is 6.66. The number of fused-ring (bicyclic) bond motifs is 1. The maximum Gasteiger partial charge on any atom is 0.226 e. The molecule has 0 bridgehead atoms. The SMILES string of the molecule is CC(C)CN(CCC(N)=NO)C(=O)C1C2CCCCC21. The molecule has 2 saturated carbocycles. The number of hydrogen-bond acceptors (Lipinski definition) is 3. The largest absolute Gasteiger partial charge is 0.409 e. The fourth-order valence-corrected chi connectivity index (χ4v) is 3.60. The fraction of sp³-hybridized carbons (Fsp3) is 0.867. The van der Waals surface area contributed by atoms with Crippen LogP contribution in [0.25, 0.3) is 0 Å². The monoisotopic (exact) mass is 281 g/mol. The van der Waals surface area contributed by atoms with Crippen LogP contribution in [-0.4, -0.2) is 34.9 Å². The van der Waals surface area contributed by atoms with Crippen molar-refractivity contribution in [3.63, 3.8) is 0 Å². The van der Waals surface area contributed by atoms with E-state index in [-0.39, 0.29) is 11.8 Å². The third-order valence-electron chi connectivity index (χ3n) is 4.61. The normalized spacial score (nSPS) is 29.1. The van der Waals surface area contributed by atoms with Gasteiger partial charge in [0, 0.05) is 25.4 Å². The quantitative estimate of drug-likeness (QED) is 0.338. The average molecular weight is 281 g/mol. The highest BCUT2D eigenvalue weighted by Gasteiger charge is 2.55. The van der Waals surface area contributed by atoms with Gasteiger partial charge >= 0.3 is 0 Å². The number of hydrogen-bond donors (Lipinski definition) is 2. The maximum atomic E-state index is 12.7. The lowest BCUT2D eigenvalue weighted by atomic mass is 10.0. The van der Waals surface area contributed by atoms with Crippen LogP contribution in [0.1, 0.15) is 46.0 Å². The Bertz CT molecular complexity index is 369. The summed E-state index contributed by atoms with van der Waals surface area (Å²) in [5.74, 6) is 2.45.